The van der Waals surface area contributed by atoms with Crippen LogP contribution < -0.4 is 62.6 Å². The Morgan fingerprint density at radius 3 is 2.11 bits per heavy atom. The minimum absolute atomic E-state index is 0. The number of benzene rings is 3. The van der Waals surface area contributed by atoms with Crippen LogP contribution in [0.4, 0.5) is 23.4 Å². The Labute approximate surface area is 257 Å². The van der Waals surface area contributed by atoms with Crippen molar-refractivity contribution in [1.82, 2.24) is 9.80 Å². The number of anilines is 1. The van der Waals surface area contributed by atoms with Crippen LogP contribution in [0.1, 0.15) is 28.2 Å². The molecule has 0 radical (unpaired) electrons. The molecule has 1 fully saturated rings. The molecular weight excluding hydrogens is 505 g/mol. The first-order chi connectivity index (χ1) is 17.2. The van der Waals surface area contributed by atoms with Crippen molar-refractivity contribution in [3.63, 3.8) is 0 Å². The molecule has 1 aliphatic heterocycles. The zero-order chi connectivity index (χ0) is 25.4. The molecule has 3 aromatic rings. The van der Waals surface area contributed by atoms with E-state index < -0.39 is 12.4 Å². The Balaban J connectivity index is 0.00000320. The van der Waals surface area contributed by atoms with Crippen molar-refractivity contribution < 1.29 is 73.9 Å². The first-order valence-corrected chi connectivity index (χ1v) is 12.1. The third kappa shape index (κ3) is 5.94. The van der Waals surface area contributed by atoms with Crippen LogP contribution in [0, 0.1) is 6.92 Å². The van der Waals surface area contributed by atoms with Crippen LogP contribution >= 0.6 is 0 Å². The van der Waals surface area contributed by atoms with Crippen molar-refractivity contribution in [1.29, 1.82) is 0 Å². The van der Waals surface area contributed by atoms with Gasteiger partial charge in [0.25, 0.3) is 0 Å². The first kappa shape index (κ1) is 28.2. The number of piperazine rings is 1. The second kappa shape index (κ2) is 11.5. The number of hydrogen-bond donors (Lipinski definition) is 1. The zero-order valence-corrected chi connectivity index (χ0v) is 24.2. The van der Waals surface area contributed by atoms with Gasteiger partial charge in [-0.2, -0.15) is 0 Å². The van der Waals surface area contributed by atoms with Gasteiger partial charge < -0.3 is 28.3 Å². The number of ether oxygens (including phenoxy) is 1. The van der Waals surface area contributed by atoms with E-state index >= 15 is 0 Å². The molecule has 1 heterocycles. The molecule has 3 aromatic carbocycles. The number of carbonyl (C=O) groups is 1. The molecule has 37 heavy (non-hydrogen) atoms. The fraction of sp³-hybridized carbons (Fsp3) is 0.296. The second-order valence-corrected chi connectivity index (χ2v) is 9.54. The molecule has 2 aliphatic rings. The molecule has 0 saturated carbocycles. The fourth-order valence-corrected chi connectivity index (χ4v) is 5.19. The van der Waals surface area contributed by atoms with Crippen LogP contribution in [0.5, 0.6) is 0 Å². The minimum atomic E-state index is -5.12. The molecule has 5 nitrogen and oxygen atoms in total. The topological polar surface area (TPSA) is 58.8 Å². The number of fused-ring (bicyclic) bond motifs is 3. The largest absolute Gasteiger partial charge is 1.00 e. The van der Waals surface area contributed by atoms with Gasteiger partial charge in [-0.1, -0.05) is 60.7 Å². The fourth-order valence-electron chi connectivity index (χ4n) is 5.19. The van der Waals surface area contributed by atoms with Gasteiger partial charge in [-0.05, 0) is 40.3 Å². The predicted octanol–water partition coefficient (Wildman–Crippen LogP) is 1.70. The molecule has 0 spiro atoms. The van der Waals surface area contributed by atoms with E-state index in [1.165, 1.54) is 17.2 Å². The Kier molecular flexibility index (Phi) is 8.77. The molecule has 0 bridgehead atoms. The zero-order valence-electron chi connectivity index (χ0n) is 21.1. The molecule has 1 aliphatic carbocycles. The average molecular weight is 533 g/mol. The van der Waals surface area contributed by atoms with E-state index in [1.807, 2.05) is 29.2 Å². The SMILES string of the molecule is Cc1c(N)cc([B-](F)(F)F)cc1CN1CCN(C(=O)OCC2c3ccccc3-c3ccccc32)CC1.[K+]. The molecule has 0 aromatic heterocycles. The van der Waals surface area contributed by atoms with E-state index in [0.29, 0.717) is 43.9 Å². The maximum absolute atomic E-state index is 13.3. The Morgan fingerprint density at radius 1 is 0.973 bits per heavy atom. The summed E-state index contributed by atoms with van der Waals surface area (Å²) in [4.78, 5) is 16.6. The Morgan fingerprint density at radius 2 is 1.54 bits per heavy atom. The second-order valence-electron chi connectivity index (χ2n) is 9.54. The number of rotatable bonds is 5. The summed E-state index contributed by atoms with van der Waals surface area (Å²) in [5, 5.41) is 0. The summed E-state index contributed by atoms with van der Waals surface area (Å²) in [5.74, 6) is -0.00132. The molecule has 1 amide bonds. The van der Waals surface area contributed by atoms with Gasteiger partial charge in [0.1, 0.15) is 6.61 Å². The van der Waals surface area contributed by atoms with Gasteiger partial charge >= 0.3 is 64.5 Å². The van der Waals surface area contributed by atoms with Crippen LogP contribution in [-0.4, -0.2) is 55.7 Å². The summed E-state index contributed by atoms with van der Waals surface area (Å²) in [6, 6.07) is 18.6. The average Bonchev–Trinajstić information content (AvgIpc) is 3.19. The van der Waals surface area contributed by atoms with E-state index in [9.17, 15) is 17.7 Å². The summed E-state index contributed by atoms with van der Waals surface area (Å²) >= 11 is 0. The van der Waals surface area contributed by atoms with Gasteiger partial charge in [0, 0.05) is 44.3 Å². The molecule has 0 atom stereocenters. The van der Waals surface area contributed by atoms with Crippen LogP contribution in [0.15, 0.2) is 60.7 Å². The summed E-state index contributed by atoms with van der Waals surface area (Å²) in [6.07, 6.45) is -0.362. The monoisotopic (exact) mass is 533 g/mol. The number of nitrogens with zero attached hydrogens (tertiary/aromatic N) is 2. The molecule has 0 unspecified atom stereocenters. The van der Waals surface area contributed by atoms with E-state index in [4.69, 9.17) is 10.5 Å². The van der Waals surface area contributed by atoms with Crippen molar-refractivity contribution in [3.8, 4) is 11.1 Å². The van der Waals surface area contributed by atoms with Gasteiger partial charge in [0.15, 0.2) is 0 Å². The number of amides is 1. The summed E-state index contributed by atoms with van der Waals surface area (Å²) in [6.45, 7) is -0.763. The normalized spacial score (nSPS) is 15.6. The van der Waals surface area contributed by atoms with Crippen molar-refractivity contribution in [3.05, 3.63) is 82.9 Å². The summed E-state index contributed by atoms with van der Waals surface area (Å²) < 4.78 is 45.6. The number of nitrogens with two attached hydrogens (primary N) is 1. The van der Waals surface area contributed by atoms with E-state index in [1.54, 1.807) is 11.8 Å². The summed E-state index contributed by atoms with van der Waals surface area (Å²) in [7, 11) is 0. The van der Waals surface area contributed by atoms with Crippen LogP contribution in [0.25, 0.3) is 11.1 Å². The molecule has 1 saturated heterocycles. The van der Waals surface area contributed by atoms with Crippen LogP contribution in [0.3, 0.4) is 0 Å². The predicted molar refractivity (Wildman–Crippen MR) is 136 cm³/mol. The first-order valence-electron chi connectivity index (χ1n) is 12.1. The number of nitrogen functional groups attached to an aromatic ring is 1. The molecule has 2 N–H and O–H groups in total. The van der Waals surface area contributed by atoms with Crippen molar-refractivity contribution in [2.75, 3.05) is 38.5 Å². The molecular formula is C27H28BF3KN3O2. The quantitative estimate of drug-likeness (QED) is 0.401. The van der Waals surface area contributed by atoms with Crippen molar-refractivity contribution in [2.45, 2.75) is 19.4 Å². The van der Waals surface area contributed by atoms with E-state index in [0.717, 1.165) is 17.2 Å². The maximum Gasteiger partial charge on any atom is 1.00 e. The molecule has 5 rings (SSSR count). The van der Waals surface area contributed by atoms with Crippen molar-refractivity contribution in [2.24, 2.45) is 0 Å². The maximum atomic E-state index is 13.3. The standard InChI is InChI=1S/C27H28BF3N3O2.K/c1-18-19(14-20(15-26(18)32)28(29,30)31)16-33-10-12-34(13-11-33)27(35)36-17-25-23-8-4-2-6-21(23)22-7-3-5-9-24(22)25;/h2-9,14-15,25H,10-13,16-17,32H2,1H3;/q-1;+1. The van der Waals surface area contributed by atoms with E-state index in [2.05, 4.69) is 24.3 Å². The number of hydrogen-bond acceptors (Lipinski definition) is 4. The van der Waals surface area contributed by atoms with Gasteiger partial charge in [0.05, 0.1) is 0 Å². The van der Waals surface area contributed by atoms with Crippen LogP contribution in [-0.2, 0) is 11.3 Å². The van der Waals surface area contributed by atoms with Gasteiger partial charge in [-0.25, -0.2) is 4.79 Å². The van der Waals surface area contributed by atoms with Crippen molar-refractivity contribution >= 4 is 24.2 Å². The third-order valence-electron chi connectivity index (χ3n) is 7.32. The summed E-state index contributed by atoms with van der Waals surface area (Å²) in [5.41, 5.74) is 11.2. The van der Waals surface area contributed by atoms with Gasteiger partial charge in [0.2, 0.25) is 0 Å². The Hall–Kier alpha value is -1.82. The minimum Gasteiger partial charge on any atom is -0.448 e. The third-order valence-corrected chi connectivity index (χ3v) is 7.32. The smallest absolute Gasteiger partial charge is 0.448 e. The van der Waals surface area contributed by atoms with E-state index in [-0.39, 0.29) is 75.7 Å². The van der Waals surface area contributed by atoms with Gasteiger partial charge in [-0.15, -0.1) is 5.46 Å². The molecule has 10 heteroatoms. The number of halogens is 3. The Bertz CT molecular complexity index is 1250. The van der Waals surface area contributed by atoms with Crippen LogP contribution in [0.2, 0.25) is 0 Å². The number of carbonyl (C=O) groups excluding carboxylic acids is 1. The van der Waals surface area contributed by atoms with Gasteiger partial charge in [-0.3, -0.25) is 4.90 Å². The molecule has 188 valence electrons.